The van der Waals surface area contributed by atoms with E-state index in [1.165, 1.54) is 6.42 Å². The first-order valence-corrected chi connectivity index (χ1v) is 11.4. The molecule has 2 amide bonds. The molecule has 0 atom stereocenters. The Morgan fingerprint density at radius 1 is 1.06 bits per heavy atom. The number of para-hydroxylation sites is 1. The Hall–Kier alpha value is -2.82. The average Bonchev–Trinajstić information content (AvgIpc) is 2.79. The van der Waals surface area contributed by atoms with Gasteiger partial charge in [0.2, 0.25) is 0 Å². The second-order valence-corrected chi connectivity index (χ2v) is 8.77. The number of anilines is 1. The first-order chi connectivity index (χ1) is 15.0. The topological polar surface area (TPSA) is 58.6 Å². The van der Waals surface area contributed by atoms with Crippen molar-refractivity contribution in [3.63, 3.8) is 0 Å². The number of hydrogen-bond donors (Lipinski definition) is 1. The van der Waals surface area contributed by atoms with Crippen LogP contribution in [-0.4, -0.2) is 36.4 Å². The summed E-state index contributed by atoms with van der Waals surface area (Å²) >= 11 is 0. The molecule has 2 aromatic rings. The van der Waals surface area contributed by atoms with Crippen molar-refractivity contribution in [3.8, 4) is 5.75 Å². The van der Waals surface area contributed by atoms with Gasteiger partial charge in [-0.15, -0.1) is 0 Å². The van der Waals surface area contributed by atoms with Crippen LogP contribution in [0.1, 0.15) is 73.1 Å². The molecule has 0 aromatic heterocycles. The molecule has 2 aromatic carbocycles. The maximum Gasteiger partial charge on any atom is 0.255 e. The van der Waals surface area contributed by atoms with Gasteiger partial charge in [0.05, 0.1) is 17.9 Å². The SMILES string of the molecule is CC(C)CCOc1cccc(C(=O)Nc2ccccc2C(=O)N(C)C2CCCCC2)c1. The Morgan fingerprint density at radius 3 is 2.55 bits per heavy atom. The van der Waals surface area contributed by atoms with Gasteiger partial charge in [0.15, 0.2) is 0 Å². The van der Waals surface area contributed by atoms with Crippen molar-refractivity contribution in [2.75, 3.05) is 19.0 Å². The molecule has 1 aliphatic rings. The van der Waals surface area contributed by atoms with Crippen molar-refractivity contribution < 1.29 is 14.3 Å². The zero-order valence-corrected chi connectivity index (χ0v) is 18.9. The fourth-order valence-corrected chi connectivity index (χ4v) is 3.94. The summed E-state index contributed by atoms with van der Waals surface area (Å²) in [6.45, 7) is 4.92. The second kappa shape index (κ2) is 11.0. The van der Waals surface area contributed by atoms with Crippen LogP contribution in [0.5, 0.6) is 5.75 Å². The van der Waals surface area contributed by atoms with E-state index in [4.69, 9.17) is 4.74 Å². The van der Waals surface area contributed by atoms with Crippen molar-refractivity contribution in [2.24, 2.45) is 5.92 Å². The van der Waals surface area contributed by atoms with Crippen LogP contribution in [-0.2, 0) is 0 Å². The molecule has 3 rings (SSSR count). The highest BCUT2D eigenvalue weighted by Gasteiger charge is 2.25. The fourth-order valence-electron chi connectivity index (χ4n) is 3.94. The van der Waals surface area contributed by atoms with Gasteiger partial charge in [0.25, 0.3) is 11.8 Å². The largest absolute Gasteiger partial charge is 0.494 e. The van der Waals surface area contributed by atoms with E-state index in [1.54, 1.807) is 24.3 Å². The van der Waals surface area contributed by atoms with Gasteiger partial charge in [-0.05, 0) is 55.5 Å². The normalized spacial score (nSPS) is 14.3. The minimum atomic E-state index is -0.255. The van der Waals surface area contributed by atoms with Crippen molar-refractivity contribution in [1.29, 1.82) is 0 Å². The van der Waals surface area contributed by atoms with Crippen LogP contribution < -0.4 is 10.1 Å². The lowest BCUT2D eigenvalue weighted by atomic mass is 9.94. The Balaban J connectivity index is 1.70. The number of nitrogens with one attached hydrogen (secondary N) is 1. The molecule has 1 aliphatic carbocycles. The van der Waals surface area contributed by atoms with E-state index in [9.17, 15) is 9.59 Å². The first-order valence-electron chi connectivity index (χ1n) is 11.4. The molecule has 5 nitrogen and oxygen atoms in total. The standard InChI is InChI=1S/C26H34N2O3/c1-19(2)16-17-31-22-13-9-10-20(18-22)25(29)27-24-15-8-7-14-23(24)26(30)28(3)21-11-5-4-6-12-21/h7-10,13-15,18-19,21H,4-6,11-12,16-17H2,1-3H3,(H,27,29). The third kappa shape index (κ3) is 6.33. The molecule has 0 heterocycles. The van der Waals surface area contributed by atoms with E-state index >= 15 is 0 Å². The molecule has 1 saturated carbocycles. The molecule has 166 valence electrons. The number of carbonyl (C=O) groups is 2. The van der Waals surface area contributed by atoms with Gasteiger partial charge in [0.1, 0.15) is 5.75 Å². The number of benzene rings is 2. The van der Waals surface area contributed by atoms with Gasteiger partial charge in [0, 0.05) is 18.7 Å². The van der Waals surface area contributed by atoms with Gasteiger partial charge in [-0.3, -0.25) is 9.59 Å². The molecular weight excluding hydrogens is 388 g/mol. The number of carbonyl (C=O) groups excluding carboxylic acids is 2. The van der Waals surface area contributed by atoms with Crippen molar-refractivity contribution in [3.05, 3.63) is 59.7 Å². The predicted octanol–water partition coefficient (Wildman–Crippen LogP) is 5.77. The summed E-state index contributed by atoms with van der Waals surface area (Å²) in [4.78, 5) is 27.9. The Morgan fingerprint density at radius 2 is 1.81 bits per heavy atom. The third-order valence-corrected chi connectivity index (χ3v) is 5.91. The molecular formula is C26H34N2O3. The molecule has 1 fully saturated rings. The van der Waals surface area contributed by atoms with Crippen LogP contribution in [0.25, 0.3) is 0 Å². The highest BCUT2D eigenvalue weighted by molar-refractivity contribution is 6.09. The van der Waals surface area contributed by atoms with Gasteiger partial charge in [-0.1, -0.05) is 51.3 Å². The van der Waals surface area contributed by atoms with E-state index < -0.39 is 0 Å². The van der Waals surface area contributed by atoms with Gasteiger partial charge < -0.3 is 15.0 Å². The number of amides is 2. The summed E-state index contributed by atoms with van der Waals surface area (Å²) in [5.74, 6) is 0.936. The van der Waals surface area contributed by atoms with E-state index in [0.29, 0.717) is 35.1 Å². The quantitative estimate of drug-likeness (QED) is 0.588. The van der Waals surface area contributed by atoms with E-state index in [0.717, 1.165) is 32.1 Å². The zero-order chi connectivity index (χ0) is 22.2. The minimum Gasteiger partial charge on any atom is -0.494 e. The molecule has 0 spiro atoms. The minimum absolute atomic E-state index is 0.0476. The summed E-state index contributed by atoms with van der Waals surface area (Å²) in [6.07, 6.45) is 6.61. The monoisotopic (exact) mass is 422 g/mol. The Kier molecular flexibility index (Phi) is 8.10. The Bertz CT molecular complexity index is 888. The van der Waals surface area contributed by atoms with Crippen LogP contribution in [0.15, 0.2) is 48.5 Å². The lowest BCUT2D eigenvalue weighted by Gasteiger charge is -2.31. The molecule has 0 bridgehead atoms. The van der Waals surface area contributed by atoms with Crippen LogP contribution in [0.4, 0.5) is 5.69 Å². The average molecular weight is 423 g/mol. The molecule has 0 radical (unpaired) electrons. The molecule has 0 saturated heterocycles. The number of ether oxygens (including phenoxy) is 1. The molecule has 31 heavy (non-hydrogen) atoms. The first kappa shape index (κ1) is 22.9. The van der Waals surface area contributed by atoms with Crippen molar-refractivity contribution >= 4 is 17.5 Å². The summed E-state index contributed by atoms with van der Waals surface area (Å²) < 4.78 is 5.78. The lowest BCUT2D eigenvalue weighted by molar-refractivity contribution is 0.0697. The number of nitrogens with zero attached hydrogens (tertiary/aromatic N) is 1. The summed E-state index contributed by atoms with van der Waals surface area (Å²) in [5.41, 5.74) is 1.56. The highest BCUT2D eigenvalue weighted by Crippen LogP contribution is 2.25. The van der Waals surface area contributed by atoms with Crippen molar-refractivity contribution in [2.45, 2.75) is 58.4 Å². The molecule has 0 unspecified atom stereocenters. The number of rotatable bonds is 8. The van der Waals surface area contributed by atoms with Crippen molar-refractivity contribution in [1.82, 2.24) is 4.90 Å². The Labute approximate surface area is 185 Å². The van der Waals surface area contributed by atoms with Gasteiger partial charge in [-0.25, -0.2) is 0 Å². The summed E-state index contributed by atoms with van der Waals surface area (Å²) in [5, 5.41) is 2.93. The zero-order valence-electron chi connectivity index (χ0n) is 18.9. The number of hydrogen-bond acceptors (Lipinski definition) is 3. The highest BCUT2D eigenvalue weighted by atomic mass is 16.5. The molecule has 5 heteroatoms. The van der Waals surface area contributed by atoms with Gasteiger partial charge >= 0.3 is 0 Å². The summed E-state index contributed by atoms with van der Waals surface area (Å²) in [7, 11) is 1.87. The maximum absolute atomic E-state index is 13.2. The second-order valence-electron chi connectivity index (χ2n) is 8.77. The van der Waals surface area contributed by atoms with Gasteiger partial charge in [-0.2, -0.15) is 0 Å². The molecule has 1 N–H and O–H groups in total. The van der Waals surface area contributed by atoms with E-state index in [1.807, 2.05) is 36.2 Å². The van der Waals surface area contributed by atoms with E-state index in [2.05, 4.69) is 19.2 Å². The molecule has 0 aliphatic heterocycles. The maximum atomic E-state index is 13.2. The summed E-state index contributed by atoms with van der Waals surface area (Å²) in [6, 6.07) is 14.7. The van der Waals surface area contributed by atoms with Crippen LogP contribution >= 0.6 is 0 Å². The van der Waals surface area contributed by atoms with E-state index in [-0.39, 0.29) is 17.9 Å². The fraction of sp³-hybridized carbons (Fsp3) is 0.462. The predicted molar refractivity (Wildman–Crippen MR) is 125 cm³/mol. The third-order valence-electron chi connectivity index (χ3n) is 5.91. The lowest BCUT2D eigenvalue weighted by Crippen LogP contribution is -2.38. The smallest absolute Gasteiger partial charge is 0.255 e. The van der Waals surface area contributed by atoms with Crippen LogP contribution in [0, 0.1) is 5.92 Å². The van der Waals surface area contributed by atoms with Crippen LogP contribution in [0.2, 0.25) is 0 Å². The van der Waals surface area contributed by atoms with Crippen LogP contribution in [0.3, 0.4) is 0 Å².